The van der Waals surface area contributed by atoms with Crippen molar-refractivity contribution in [1.29, 1.82) is 0 Å². The number of hydrogen-bond donors (Lipinski definition) is 2. The highest BCUT2D eigenvalue weighted by molar-refractivity contribution is 6.90. The Labute approximate surface area is 161 Å². The maximum absolute atomic E-state index is 6.75. The van der Waals surface area contributed by atoms with Crippen LogP contribution in [-0.4, -0.2) is 53.0 Å². The van der Waals surface area contributed by atoms with Crippen LogP contribution in [0, 0.1) is 0 Å². The van der Waals surface area contributed by atoms with Gasteiger partial charge < -0.3 is 23.4 Å². The summed E-state index contributed by atoms with van der Waals surface area (Å²) in [5.74, 6) is 0. The van der Waals surface area contributed by atoms with E-state index >= 15 is 0 Å². The molecular formula is C16H44N2O3Si4. The summed E-state index contributed by atoms with van der Waals surface area (Å²) < 4.78 is 20.1. The molecule has 1 unspecified atom stereocenters. The van der Waals surface area contributed by atoms with E-state index < -0.39 is 33.8 Å². The van der Waals surface area contributed by atoms with Gasteiger partial charge in [0, 0.05) is 19.3 Å². The molecule has 0 bridgehead atoms. The Kier molecular flexibility index (Phi) is 11.2. The highest BCUT2D eigenvalue weighted by atomic mass is 28.5. The topological polar surface area (TPSA) is 65.7 Å². The van der Waals surface area contributed by atoms with Crippen LogP contribution in [0.1, 0.15) is 26.7 Å². The minimum absolute atomic E-state index is 0.633. The van der Waals surface area contributed by atoms with Crippen molar-refractivity contribution in [3.8, 4) is 0 Å². The quantitative estimate of drug-likeness (QED) is 0.324. The molecule has 0 aromatic carbocycles. The van der Waals surface area contributed by atoms with Gasteiger partial charge in [0.25, 0.3) is 0 Å². The molecule has 0 heterocycles. The zero-order valence-electron chi connectivity index (χ0n) is 18.3. The van der Waals surface area contributed by atoms with Crippen LogP contribution >= 0.6 is 0 Å². The molecule has 0 radical (unpaired) electrons. The van der Waals surface area contributed by atoms with E-state index in [1.807, 2.05) is 0 Å². The number of hydrogen-bond acceptors (Lipinski definition) is 5. The summed E-state index contributed by atoms with van der Waals surface area (Å²) >= 11 is 0. The maximum Gasteiger partial charge on any atom is 0.330 e. The van der Waals surface area contributed by atoms with Gasteiger partial charge in [-0.15, -0.1) is 0 Å². The van der Waals surface area contributed by atoms with Gasteiger partial charge >= 0.3 is 17.1 Å². The minimum Gasteiger partial charge on any atom is -0.436 e. The first-order chi connectivity index (χ1) is 11.3. The summed E-state index contributed by atoms with van der Waals surface area (Å²) in [6.07, 6.45) is 3.11. The molecule has 152 valence electrons. The molecule has 0 aromatic heterocycles. The predicted molar refractivity (Wildman–Crippen MR) is 119 cm³/mol. The molecule has 3 N–H and O–H groups in total. The molecule has 0 aliphatic carbocycles. The van der Waals surface area contributed by atoms with E-state index in [1.54, 1.807) is 0 Å². The fourth-order valence-corrected chi connectivity index (χ4v) is 23.3. The van der Waals surface area contributed by atoms with Crippen molar-refractivity contribution in [2.24, 2.45) is 5.73 Å². The van der Waals surface area contributed by atoms with Gasteiger partial charge in [-0.05, 0) is 57.9 Å². The molecule has 1 atom stereocenters. The molecule has 0 aliphatic rings. The Hall–Kier alpha value is 0.668. The minimum atomic E-state index is -2.36. The molecule has 0 saturated heterocycles. The average molecular weight is 425 g/mol. The van der Waals surface area contributed by atoms with Crippen LogP contribution in [0.4, 0.5) is 0 Å². The summed E-state index contributed by atoms with van der Waals surface area (Å²) in [5.41, 5.74) is 5.65. The monoisotopic (exact) mass is 424 g/mol. The summed E-state index contributed by atoms with van der Waals surface area (Å²) in [5, 5.41) is 3.44. The molecule has 5 nitrogen and oxygen atoms in total. The second kappa shape index (κ2) is 10.9. The zero-order chi connectivity index (χ0) is 19.8. The van der Waals surface area contributed by atoms with Crippen LogP contribution in [0.15, 0.2) is 0 Å². The van der Waals surface area contributed by atoms with Gasteiger partial charge in [-0.1, -0.05) is 26.7 Å². The molecule has 0 aliphatic heterocycles. The fraction of sp³-hybridized carbons (Fsp3) is 1.00. The average Bonchev–Trinajstić information content (AvgIpc) is 2.34. The first kappa shape index (κ1) is 25.7. The third-order valence-electron chi connectivity index (χ3n) is 3.95. The highest BCUT2D eigenvalue weighted by Gasteiger charge is 2.45. The molecule has 0 spiro atoms. The molecule has 0 fully saturated rings. The van der Waals surface area contributed by atoms with Crippen molar-refractivity contribution < 1.29 is 12.3 Å². The molecule has 0 aromatic rings. The molecule has 25 heavy (non-hydrogen) atoms. The van der Waals surface area contributed by atoms with Gasteiger partial charge in [0.1, 0.15) is 0 Å². The number of nitrogens with two attached hydrogens (primary N) is 1. The second-order valence-electron chi connectivity index (χ2n) is 8.82. The lowest BCUT2D eigenvalue weighted by atomic mass is 10.6. The summed E-state index contributed by atoms with van der Waals surface area (Å²) in [7, 11) is -8.01. The molecular weight excluding hydrogens is 381 g/mol. The van der Waals surface area contributed by atoms with Crippen molar-refractivity contribution >= 4 is 33.8 Å². The van der Waals surface area contributed by atoms with Gasteiger partial charge in [-0.2, -0.15) is 0 Å². The molecule has 0 amide bonds. The predicted octanol–water partition coefficient (Wildman–Crippen LogP) is 4.13. The van der Waals surface area contributed by atoms with Gasteiger partial charge in [0.2, 0.25) is 0 Å². The van der Waals surface area contributed by atoms with E-state index in [2.05, 4.69) is 65.0 Å². The summed E-state index contributed by atoms with van der Waals surface area (Å²) in [6, 6.07) is 2.34. The molecule has 0 rings (SSSR count). The number of nitrogens with one attached hydrogen (secondary N) is 1. The first-order valence-electron chi connectivity index (χ1n) is 9.81. The molecule has 0 saturated carbocycles. The van der Waals surface area contributed by atoms with Crippen molar-refractivity contribution in [3.05, 3.63) is 0 Å². The maximum atomic E-state index is 6.75. The van der Waals surface area contributed by atoms with E-state index in [-0.39, 0.29) is 0 Å². The van der Waals surface area contributed by atoms with Crippen LogP contribution in [-0.2, 0) is 12.3 Å². The van der Waals surface area contributed by atoms with E-state index in [1.165, 1.54) is 12.5 Å². The standard InChI is InChI=1S/C16H44N2O3Si4/c1-10-14-22(3,4)19-24(7,8)21-25(9,16-18-13-12-17)20-23(5,6)15-11-2/h18H,10-17H2,1-9H3. The van der Waals surface area contributed by atoms with E-state index in [4.69, 9.17) is 18.1 Å². The van der Waals surface area contributed by atoms with Crippen molar-refractivity contribution in [1.82, 2.24) is 5.32 Å². The van der Waals surface area contributed by atoms with E-state index in [0.29, 0.717) is 6.54 Å². The Bertz CT molecular complexity index is 384. The number of rotatable bonds is 14. The summed E-state index contributed by atoms with van der Waals surface area (Å²) in [4.78, 5) is 0. The van der Waals surface area contributed by atoms with Gasteiger partial charge in [-0.25, -0.2) is 0 Å². The lowest BCUT2D eigenvalue weighted by Crippen LogP contribution is -2.61. The highest BCUT2D eigenvalue weighted by Crippen LogP contribution is 2.27. The normalized spacial score (nSPS) is 16.1. The van der Waals surface area contributed by atoms with E-state index in [9.17, 15) is 0 Å². The van der Waals surface area contributed by atoms with Gasteiger partial charge in [-0.3, -0.25) is 0 Å². The van der Waals surface area contributed by atoms with Gasteiger partial charge in [0.05, 0.1) is 0 Å². The van der Waals surface area contributed by atoms with Crippen LogP contribution in [0.5, 0.6) is 0 Å². The molecule has 9 heteroatoms. The lowest BCUT2D eigenvalue weighted by Gasteiger charge is -2.42. The van der Waals surface area contributed by atoms with Crippen LogP contribution in [0.3, 0.4) is 0 Å². The Balaban J connectivity index is 5.18. The first-order valence-corrected chi connectivity index (χ1v) is 21.4. The van der Waals surface area contributed by atoms with Crippen LogP contribution in [0.2, 0.25) is 57.9 Å². The van der Waals surface area contributed by atoms with Crippen molar-refractivity contribution in [2.75, 3.05) is 19.3 Å². The second-order valence-corrected chi connectivity index (χ2v) is 24.7. The zero-order valence-corrected chi connectivity index (χ0v) is 22.3. The lowest BCUT2D eigenvalue weighted by molar-refractivity contribution is 0.318. The Morgan fingerprint density at radius 1 is 0.760 bits per heavy atom. The third kappa shape index (κ3) is 11.9. The van der Waals surface area contributed by atoms with E-state index in [0.717, 1.165) is 25.2 Å². The van der Waals surface area contributed by atoms with Crippen molar-refractivity contribution in [3.63, 3.8) is 0 Å². The Morgan fingerprint density at radius 2 is 1.24 bits per heavy atom. The Morgan fingerprint density at radius 3 is 1.68 bits per heavy atom. The van der Waals surface area contributed by atoms with Gasteiger partial charge in [0.15, 0.2) is 16.6 Å². The smallest absolute Gasteiger partial charge is 0.330 e. The third-order valence-corrected chi connectivity index (χ3v) is 20.1. The fourth-order valence-electron chi connectivity index (χ4n) is 3.61. The summed E-state index contributed by atoms with van der Waals surface area (Å²) in [6.45, 7) is 21.7. The largest absolute Gasteiger partial charge is 0.436 e. The van der Waals surface area contributed by atoms with Crippen molar-refractivity contribution in [2.45, 2.75) is 84.6 Å². The van der Waals surface area contributed by atoms with Crippen LogP contribution < -0.4 is 11.1 Å². The SMILES string of the molecule is CCC[Si](C)(C)O[Si](C)(C)O[Si](C)(CNCCN)O[Si](C)(C)CCC. The van der Waals surface area contributed by atoms with Crippen LogP contribution in [0.25, 0.3) is 0 Å².